The van der Waals surface area contributed by atoms with Crippen LogP contribution in [-0.4, -0.2) is 34.4 Å². The van der Waals surface area contributed by atoms with Crippen molar-refractivity contribution in [3.63, 3.8) is 0 Å². The van der Waals surface area contributed by atoms with Gasteiger partial charge in [0.2, 0.25) is 0 Å². The highest BCUT2D eigenvalue weighted by Gasteiger charge is 2.40. The molecule has 1 aliphatic heterocycles. The number of hydrogen-bond donors (Lipinski definition) is 2. The molecule has 0 atom stereocenters. The molecule has 6 nitrogen and oxygen atoms in total. The summed E-state index contributed by atoms with van der Waals surface area (Å²) in [6.07, 6.45) is 6.02. The Morgan fingerprint density at radius 1 is 1.15 bits per heavy atom. The fraction of sp³-hybridized carbons (Fsp3) is 0.476. The van der Waals surface area contributed by atoms with Crippen molar-refractivity contribution in [3.05, 3.63) is 41.9 Å². The lowest BCUT2D eigenvalue weighted by atomic mass is 10.0. The van der Waals surface area contributed by atoms with Gasteiger partial charge in [0.25, 0.3) is 0 Å². The lowest BCUT2D eigenvalue weighted by molar-refractivity contribution is 0.200. The zero-order chi connectivity index (χ0) is 19.4. The van der Waals surface area contributed by atoms with Crippen molar-refractivity contribution in [2.45, 2.75) is 52.1 Å². The summed E-state index contributed by atoms with van der Waals surface area (Å²) in [4.78, 5) is 10.9. The minimum absolute atomic E-state index is 0.0621. The Morgan fingerprint density at radius 2 is 1.85 bits per heavy atom. The number of ether oxygens (including phenoxy) is 1. The molecule has 1 saturated carbocycles. The number of benzene rings is 1. The van der Waals surface area contributed by atoms with Crippen molar-refractivity contribution in [1.82, 2.24) is 9.97 Å². The summed E-state index contributed by atoms with van der Waals surface area (Å²) in [7, 11) is 0. The van der Waals surface area contributed by atoms with Gasteiger partial charge < -0.3 is 15.4 Å². The molecule has 1 aromatic heterocycles. The third-order valence-corrected chi connectivity index (χ3v) is 4.95. The number of rotatable bonds is 5. The van der Waals surface area contributed by atoms with Crippen LogP contribution in [0, 0.1) is 5.41 Å². The molecular weight excluding hydrogens is 338 g/mol. The Kier molecular flexibility index (Phi) is 5.63. The highest BCUT2D eigenvalue weighted by atomic mass is 16.5. The predicted molar refractivity (Wildman–Crippen MR) is 110 cm³/mol. The lowest BCUT2D eigenvalue weighted by Gasteiger charge is -2.17. The molecule has 1 aromatic carbocycles. The van der Waals surface area contributed by atoms with Crippen LogP contribution in [0.3, 0.4) is 0 Å². The maximum atomic E-state index is 8.58. The van der Waals surface area contributed by atoms with E-state index in [1.165, 1.54) is 19.2 Å². The van der Waals surface area contributed by atoms with E-state index in [0.29, 0.717) is 22.7 Å². The smallest absolute Gasteiger partial charge is 0.132 e. The monoisotopic (exact) mass is 367 g/mol. The van der Waals surface area contributed by atoms with E-state index in [1.807, 2.05) is 32.0 Å². The molecule has 0 amide bonds. The zero-order valence-corrected chi connectivity index (χ0v) is 16.5. The van der Waals surface area contributed by atoms with Gasteiger partial charge in [-0.2, -0.15) is 0 Å². The van der Waals surface area contributed by atoms with Crippen LogP contribution in [-0.2, 0) is 0 Å². The van der Waals surface area contributed by atoms with E-state index >= 15 is 0 Å². The second kappa shape index (κ2) is 7.94. The molecule has 2 aromatic rings. The van der Waals surface area contributed by atoms with Crippen LogP contribution < -0.4 is 15.4 Å². The molecular formula is C21H29N5O. The van der Waals surface area contributed by atoms with E-state index < -0.39 is 0 Å². The van der Waals surface area contributed by atoms with Crippen LogP contribution in [0.5, 0.6) is 5.75 Å². The molecule has 27 heavy (non-hydrogen) atoms. The number of aromatic nitrogens is 2. The topological polar surface area (TPSA) is 88.1 Å². The summed E-state index contributed by atoms with van der Waals surface area (Å²) in [5.74, 6) is 1.63. The van der Waals surface area contributed by atoms with Gasteiger partial charge >= 0.3 is 0 Å². The van der Waals surface area contributed by atoms with Gasteiger partial charge in [-0.15, -0.1) is 0 Å². The van der Waals surface area contributed by atoms with E-state index in [9.17, 15) is 0 Å². The molecule has 0 bridgehead atoms. The molecule has 2 heterocycles. The van der Waals surface area contributed by atoms with E-state index in [4.69, 9.17) is 15.9 Å². The summed E-state index contributed by atoms with van der Waals surface area (Å²) in [6, 6.07) is 7.39. The van der Waals surface area contributed by atoms with Crippen LogP contribution >= 0.6 is 0 Å². The molecule has 0 spiro atoms. The Hall–Kier alpha value is -2.63. The number of hydrogen-bond acceptors (Lipinski definition) is 6. The second-order valence-electron chi connectivity index (χ2n) is 7.13. The Bertz CT molecular complexity index is 810. The normalized spacial score (nSPS) is 17.1. The van der Waals surface area contributed by atoms with Crippen LogP contribution in [0.2, 0.25) is 0 Å². The van der Waals surface area contributed by atoms with E-state index in [2.05, 4.69) is 21.8 Å². The highest BCUT2D eigenvalue weighted by molar-refractivity contribution is 6.13. The quantitative estimate of drug-likeness (QED) is 0.615. The first kappa shape index (κ1) is 19.1. The predicted octanol–water partition coefficient (Wildman–Crippen LogP) is 4.03. The molecule has 0 radical (unpaired) electrons. The molecule has 1 aliphatic carbocycles. The first-order valence-electron chi connectivity index (χ1n) is 9.79. The van der Waals surface area contributed by atoms with Gasteiger partial charge in [0.1, 0.15) is 23.5 Å². The summed E-state index contributed by atoms with van der Waals surface area (Å²) in [5, 5.41) is 8.58. The van der Waals surface area contributed by atoms with Gasteiger partial charge in [0.05, 0.1) is 11.4 Å². The fourth-order valence-corrected chi connectivity index (χ4v) is 3.12. The minimum Gasteiger partial charge on any atom is -0.488 e. The van der Waals surface area contributed by atoms with Gasteiger partial charge in [-0.3, -0.25) is 5.41 Å². The molecule has 2 fully saturated rings. The first-order valence-corrected chi connectivity index (χ1v) is 9.79. The van der Waals surface area contributed by atoms with Crippen molar-refractivity contribution < 1.29 is 4.74 Å². The Balaban J connectivity index is 0.00000102. The molecule has 1 saturated heterocycles. The van der Waals surface area contributed by atoms with Gasteiger partial charge in [-0.05, 0) is 50.8 Å². The second-order valence-corrected chi connectivity index (χ2v) is 7.13. The third-order valence-electron chi connectivity index (χ3n) is 4.95. The van der Waals surface area contributed by atoms with E-state index in [0.717, 1.165) is 37.5 Å². The number of nitrogen functional groups attached to an aromatic ring is 1. The summed E-state index contributed by atoms with van der Waals surface area (Å²) in [5.41, 5.74) is 8.14. The molecule has 0 unspecified atom stereocenters. The lowest BCUT2D eigenvalue weighted by Crippen LogP contribution is -2.20. The minimum atomic E-state index is -0.0621. The SMILES string of the molecule is CC.CC1(Oc2ccc(N)c(C(=N)c3cc(N4CCCC4)ncn3)c2)CC1. The van der Waals surface area contributed by atoms with Crippen molar-refractivity contribution in [1.29, 1.82) is 5.41 Å². The van der Waals surface area contributed by atoms with E-state index in [1.54, 1.807) is 6.07 Å². The number of nitrogens with two attached hydrogens (primary N) is 1. The van der Waals surface area contributed by atoms with Crippen molar-refractivity contribution in [3.8, 4) is 5.75 Å². The number of nitrogens with one attached hydrogen (secondary N) is 1. The molecule has 3 N–H and O–H groups in total. The number of anilines is 2. The highest BCUT2D eigenvalue weighted by Crippen LogP contribution is 2.40. The van der Waals surface area contributed by atoms with Crippen molar-refractivity contribution in [2.75, 3.05) is 23.7 Å². The molecule has 144 valence electrons. The van der Waals surface area contributed by atoms with Crippen LogP contribution in [0.25, 0.3) is 0 Å². The maximum absolute atomic E-state index is 8.58. The largest absolute Gasteiger partial charge is 0.488 e. The summed E-state index contributed by atoms with van der Waals surface area (Å²) < 4.78 is 6.01. The molecule has 2 aliphatic rings. The van der Waals surface area contributed by atoms with Crippen molar-refractivity contribution >= 4 is 17.2 Å². The van der Waals surface area contributed by atoms with Crippen LogP contribution in [0.1, 0.15) is 57.7 Å². The van der Waals surface area contributed by atoms with Crippen LogP contribution in [0.4, 0.5) is 11.5 Å². The summed E-state index contributed by atoms with van der Waals surface area (Å²) >= 11 is 0. The fourth-order valence-electron chi connectivity index (χ4n) is 3.12. The number of nitrogens with zero attached hydrogens (tertiary/aromatic N) is 3. The average molecular weight is 367 g/mol. The third kappa shape index (κ3) is 4.38. The Labute approximate surface area is 161 Å². The van der Waals surface area contributed by atoms with E-state index in [-0.39, 0.29) is 5.60 Å². The average Bonchev–Trinajstić information content (AvgIpc) is 3.19. The van der Waals surface area contributed by atoms with Crippen molar-refractivity contribution in [2.24, 2.45) is 0 Å². The zero-order valence-electron chi connectivity index (χ0n) is 16.5. The van der Waals surface area contributed by atoms with Gasteiger partial charge in [0, 0.05) is 30.4 Å². The molecule has 4 rings (SSSR count). The van der Waals surface area contributed by atoms with Crippen LogP contribution in [0.15, 0.2) is 30.6 Å². The first-order chi connectivity index (χ1) is 13.0. The standard InChI is InChI=1S/C19H23N5O.C2H6/c1-19(6-7-19)25-13-4-5-15(20)14(10-13)18(21)16-11-17(23-12-22-16)24-8-2-3-9-24;1-2/h4-5,10-12,21H,2-3,6-9,20H2,1H3;1-2H3. The van der Waals surface area contributed by atoms with Gasteiger partial charge in [-0.25, -0.2) is 9.97 Å². The Morgan fingerprint density at radius 3 is 2.52 bits per heavy atom. The summed E-state index contributed by atoms with van der Waals surface area (Å²) in [6.45, 7) is 8.11. The van der Waals surface area contributed by atoms with Gasteiger partial charge in [-0.1, -0.05) is 13.8 Å². The molecule has 6 heteroatoms. The van der Waals surface area contributed by atoms with Gasteiger partial charge in [0.15, 0.2) is 0 Å². The maximum Gasteiger partial charge on any atom is 0.132 e.